The Morgan fingerprint density at radius 1 is 1.26 bits per heavy atom. The number of anilines is 2. The second kappa shape index (κ2) is 9.40. The van der Waals surface area contributed by atoms with Gasteiger partial charge in [-0.1, -0.05) is 6.07 Å². The van der Waals surface area contributed by atoms with Gasteiger partial charge in [0.2, 0.25) is 0 Å². The highest BCUT2D eigenvalue weighted by Gasteiger charge is 2.31. The summed E-state index contributed by atoms with van der Waals surface area (Å²) in [6.07, 6.45) is -0.267. The lowest BCUT2D eigenvalue weighted by Crippen LogP contribution is -2.18. The van der Waals surface area contributed by atoms with Crippen molar-refractivity contribution in [2.75, 3.05) is 17.7 Å². The molecule has 0 saturated heterocycles. The number of rotatable bonds is 8. The molecule has 11 nitrogen and oxygen atoms in total. The summed E-state index contributed by atoms with van der Waals surface area (Å²) >= 11 is 0. The van der Waals surface area contributed by atoms with Crippen molar-refractivity contribution < 1.29 is 27.5 Å². The van der Waals surface area contributed by atoms with Gasteiger partial charge in [-0.3, -0.25) is 9.59 Å². The van der Waals surface area contributed by atoms with Gasteiger partial charge in [0.25, 0.3) is 5.91 Å². The number of nitrogens with one attached hydrogen (secondary N) is 3. The molecule has 0 radical (unpaired) electrons. The zero-order chi connectivity index (χ0) is 25.2. The second-order valence-electron chi connectivity index (χ2n) is 7.51. The van der Waals surface area contributed by atoms with Crippen molar-refractivity contribution in [1.82, 2.24) is 19.9 Å². The third-order valence-electron chi connectivity index (χ3n) is 4.88. The predicted molar refractivity (Wildman–Crippen MR) is 119 cm³/mol. The average Bonchev–Trinajstić information content (AvgIpc) is 3.53. The van der Waals surface area contributed by atoms with Gasteiger partial charge < -0.3 is 20.7 Å². The Balaban J connectivity index is 1.69. The van der Waals surface area contributed by atoms with E-state index in [2.05, 4.69) is 35.9 Å². The van der Waals surface area contributed by atoms with Crippen molar-refractivity contribution in [3.8, 4) is 5.75 Å². The summed E-state index contributed by atoms with van der Waals surface area (Å²) in [5.41, 5.74) is 0.414. The maximum absolute atomic E-state index is 12.7. The summed E-state index contributed by atoms with van der Waals surface area (Å²) in [6.45, 7) is 0. The highest BCUT2D eigenvalue weighted by molar-refractivity contribution is 6.04. The molecule has 14 heteroatoms. The fourth-order valence-corrected chi connectivity index (χ4v) is 3.15. The van der Waals surface area contributed by atoms with E-state index in [-0.39, 0.29) is 28.8 Å². The van der Waals surface area contributed by atoms with E-state index in [1.807, 2.05) is 0 Å². The topological polar surface area (TPSA) is 139 Å². The van der Waals surface area contributed by atoms with E-state index in [4.69, 9.17) is 0 Å². The lowest BCUT2D eigenvalue weighted by atomic mass is 10.2. The number of ether oxygens (including phenoxy) is 1. The van der Waals surface area contributed by atoms with Crippen LogP contribution in [0.4, 0.5) is 24.8 Å². The Labute approximate surface area is 195 Å². The first-order valence-electron chi connectivity index (χ1n) is 10.3. The summed E-state index contributed by atoms with van der Waals surface area (Å²) in [4.78, 5) is 39.5. The number of alkyl halides is 3. The molecule has 182 valence electrons. The van der Waals surface area contributed by atoms with Crippen molar-refractivity contribution in [2.24, 2.45) is 5.18 Å². The normalized spacial score (nSPS) is 13.9. The van der Waals surface area contributed by atoms with Crippen LogP contribution in [0.2, 0.25) is 0 Å². The Morgan fingerprint density at radius 3 is 2.69 bits per heavy atom. The van der Waals surface area contributed by atoms with Gasteiger partial charge in [-0.25, -0.2) is 4.98 Å². The molecule has 0 bridgehead atoms. The largest absolute Gasteiger partial charge is 0.573 e. The van der Waals surface area contributed by atoms with E-state index >= 15 is 0 Å². The van der Waals surface area contributed by atoms with Gasteiger partial charge in [-0.05, 0) is 37.1 Å². The molecule has 35 heavy (non-hydrogen) atoms. The minimum atomic E-state index is -4.90. The number of amides is 2. The van der Waals surface area contributed by atoms with Gasteiger partial charge in [0.05, 0.1) is 6.20 Å². The van der Waals surface area contributed by atoms with E-state index < -0.39 is 23.9 Å². The Hall–Kier alpha value is -4.49. The number of hydrogen-bond donors (Lipinski definition) is 3. The zero-order valence-electron chi connectivity index (χ0n) is 18.1. The summed E-state index contributed by atoms with van der Waals surface area (Å²) < 4.78 is 42.9. The lowest BCUT2D eigenvalue weighted by Gasteiger charge is -2.12. The number of carbonyl (C=O) groups is 2. The summed E-state index contributed by atoms with van der Waals surface area (Å²) in [7, 11) is 1.44. The summed E-state index contributed by atoms with van der Waals surface area (Å²) in [6, 6.07) is 6.34. The van der Waals surface area contributed by atoms with Crippen molar-refractivity contribution >= 4 is 35.2 Å². The number of halogens is 3. The van der Waals surface area contributed by atoms with E-state index in [9.17, 15) is 27.7 Å². The fraction of sp³-hybridized carbons (Fsp3) is 0.238. The summed E-state index contributed by atoms with van der Waals surface area (Å²) in [5.74, 6) is -1.71. The monoisotopic (exact) mass is 489 g/mol. The van der Waals surface area contributed by atoms with E-state index in [1.165, 1.54) is 42.0 Å². The van der Waals surface area contributed by atoms with Crippen LogP contribution < -0.4 is 20.7 Å². The first-order valence-corrected chi connectivity index (χ1v) is 10.3. The number of hydrogen-bond acceptors (Lipinski definition) is 8. The van der Waals surface area contributed by atoms with Crippen molar-refractivity contribution in [3.05, 3.63) is 58.3 Å². The zero-order valence-corrected chi connectivity index (χ0v) is 18.1. The van der Waals surface area contributed by atoms with Gasteiger partial charge in [0.1, 0.15) is 23.1 Å². The first kappa shape index (κ1) is 23.7. The SMILES string of the molecule is CN/C(=C\c1cnn2c(NC3CC3)cc(NC(=O)c3cccc(OC(F)(F)F)c3)nc12)C(=O)N=O. The third kappa shape index (κ3) is 5.72. The molecular weight excluding hydrogens is 471 g/mol. The Bertz CT molecular complexity index is 1330. The van der Waals surface area contributed by atoms with Crippen LogP contribution in [-0.4, -0.2) is 45.9 Å². The second-order valence-corrected chi connectivity index (χ2v) is 7.51. The molecular formula is C21H18F3N7O4. The van der Waals surface area contributed by atoms with Gasteiger partial charge in [-0.2, -0.15) is 9.61 Å². The number of likely N-dealkylation sites (N-methyl/N-ethyl adjacent to an activating group) is 1. The predicted octanol–water partition coefficient (Wildman–Crippen LogP) is 3.31. The molecule has 4 rings (SSSR count). The van der Waals surface area contributed by atoms with E-state index in [1.54, 1.807) is 0 Å². The molecule has 0 unspecified atom stereocenters. The third-order valence-corrected chi connectivity index (χ3v) is 4.88. The van der Waals surface area contributed by atoms with Gasteiger partial charge in [0.15, 0.2) is 5.65 Å². The molecule has 1 aromatic carbocycles. The molecule has 1 aliphatic rings. The maximum Gasteiger partial charge on any atom is 0.573 e. The standard InChI is InChI=1S/C21H18F3N7O4/c1-25-15(20(33)30-34)8-12-10-26-31-17(27-13-5-6-13)9-16(28-18(12)31)29-19(32)11-3-2-4-14(7-11)35-21(22,23)24/h2-4,7-10,13,25,27H,5-6H2,1H3,(H,28,29,32)/b15-8-. The van der Waals surface area contributed by atoms with E-state index in [0.717, 1.165) is 25.0 Å². The van der Waals surface area contributed by atoms with Crippen LogP contribution in [0.25, 0.3) is 11.7 Å². The molecule has 1 aliphatic carbocycles. The minimum absolute atomic E-state index is 0.0776. The van der Waals surface area contributed by atoms with Crippen LogP contribution in [0, 0.1) is 4.91 Å². The molecule has 1 fully saturated rings. The highest BCUT2D eigenvalue weighted by Crippen LogP contribution is 2.28. The maximum atomic E-state index is 12.7. The van der Waals surface area contributed by atoms with Crippen LogP contribution in [0.1, 0.15) is 28.8 Å². The number of nitrogens with zero attached hydrogens (tertiary/aromatic N) is 4. The molecule has 3 aromatic rings. The number of aromatic nitrogens is 3. The van der Waals surface area contributed by atoms with Crippen molar-refractivity contribution in [1.29, 1.82) is 0 Å². The number of carbonyl (C=O) groups excluding carboxylic acids is 2. The van der Waals surface area contributed by atoms with Gasteiger partial charge in [-0.15, -0.1) is 18.1 Å². The molecule has 2 amide bonds. The molecule has 3 N–H and O–H groups in total. The molecule has 0 aliphatic heterocycles. The van der Waals surface area contributed by atoms with Crippen molar-refractivity contribution in [2.45, 2.75) is 25.2 Å². The smallest absolute Gasteiger partial charge is 0.406 e. The lowest BCUT2D eigenvalue weighted by molar-refractivity contribution is -0.274. The quantitative estimate of drug-likeness (QED) is 0.324. The van der Waals surface area contributed by atoms with Gasteiger partial charge >= 0.3 is 12.3 Å². The van der Waals surface area contributed by atoms with Crippen LogP contribution >= 0.6 is 0 Å². The number of benzene rings is 1. The molecule has 0 atom stereocenters. The van der Waals surface area contributed by atoms with Crippen LogP contribution in [0.15, 0.2) is 47.4 Å². The average molecular weight is 489 g/mol. The summed E-state index contributed by atoms with van der Waals surface area (Å²) in [5, 5.41) is 15.0. The first-order chi connectivity index (χ1) is 16.7. The van der Waals surface area contributed by atoms with Crippen LogP contribution in [0.5, 0.6) is 5.75 Å². The molecule has 2 aromatic heterocycles. The Morgan fingerprint density at radius 2 is 2.03 bits per heavy atom. The van der Waals surface area contributed by atoms with Crippen LogP contribution in [-0.2, 0) is 4.79 Å². The molecule has 2 heterocycles. The Kier molecular flexibility index (Phi) is 6.36. The molecule has 1 saturated carbocycles. The van der Waals surface area contributed by atoms with Crippen molar-refractivity contribution in [3.63, 3.8) is 0 Å². The van der Waals surface area contributed by atoms with Crippen LogP contribution in [0.3, 0.4) is 0 Å². The minimum Gasteiger partial charge on any atom is -0.406 e. The van der Waals surface area contributed by atoms with E-state index in [0.29, 0.717) is 11.4 Å². The number of nitroso groups, excluding NO2 is 1. The number of fused-ring (bicyclic) bond motifs is 1. The molecule has 0 spiro atoms. The fourth-order valence-electron chi connectivity index (χ4n) is 3.15. The van der Waals surface area contributed by atoms with Gasteiger partial charge in [0, 0.05) is 35.5 Å². The highest BCUT2D eigenvalue weighted by atomic mass is 19.4.